The van der Waals surface area contributed by atoms with Gasteiger partial charge in [-0.25, -0.2) is 4.39 Å². The number of furan rings is 1. The summed E-state index contributed by atoms with van der Waals surface area (Å²) >= 11 is 0. The van der Waals surface area contributed by atoms with Crippen LogP contribution in [0.2, 0.25) is 0 Å². The van der Waals surface area contributed by atoms with Crippen molar-refractivity contribution in [3.63, 3.8) is 0 Å². The summed E-state index contributed by atoms with van der Waals surface area (Å²) in [5, 5.41) is 0. The van der Waals surface area contributed by atoms with Crippen LogP contribution >= 0.6 is 0 Å². The summed E-state index contributed by atoms with van der Waals surface area (Å²) in [5.41, 5.74) is 1.02. The monoisotopic (exact) mass is 345 g/mol. The number of benzene rings is 1. The molecule has 1 aliphatic rings. The Hall–Kier alpha value is -2.14. The van der Waals surface area contributed by atoms with Gasteiger partial charge in [-0.1, -0.05) is 25.0 Å². The molecular formula is C20H24FNO3. The van der Waals surface area contributed by atoms with Crippen LogP contribution in [0.15, 0.2) is 40.8 Å². The van der Waals surface area contributed by atoms with Gasteiger partial charge in [0.15, 0.2) is 5.76 Å². The molecule has 0 radical (unpaired) electrons. The van der Waals surface area contributed by atoms with Gasteiger partial charge in [0.05, 0.1) is 0 Å². The molecule has 0 saturated heterocycles. The van der Waals surface area contributed by atoms with E-state index in [1.54, 1.807) is 31.4 Å². The van der Waals surface area contributed by atoms with Crippen LogP contribution in [0.5, 0.6) is 0 Å². The molecule has 1 saturated carbocycles. The molecule has 0 spiro atoms. The third-order valence-corrected chi connectivity index (χ3v) is 4.74. The van der Waals surface area contributed by atoms with Gasteiger partial charge in [0.2, 0.25) is 0 Å². The average molecular weight is 345 g/mol. The lowest BCUT2D eigenvalue weighted by molar-refractivity contribution is 0.0644. The van der Waals surface area contributed by atoms with E-state index >= 15 is 0 Å². The van der Waals surface area contributed by atoms with Crippen LogP contribution in [0.4, 0.5) is 4.39 Å². The van der Waals surface area contributed by atoms with E-state index in [4.69, 9.17) is 9.15 Å². The zero-order chi connectivity index (χ0) is 17.6. The molecule has 1 heterocycles. The second-order valence-corrected chi connectivity index (χ2v) is 6.51. The molecule has 0 N–H and O–H groups in total. The number of methoxy groups -OCH3 is 1. The van der Waals surface area contributed by atoms with E-state index in [1.807, 2.05) is 4.90 Å². The largest absolute Gasteiger partial charge is 0.453 e. The molecule has 0 aliphatic heterocycles. The molecule has 1 aliphatic carbocycles. The Morgan fingerprint density at radius 3 is 2.60 bits per heavy atom. The van der Waals surface area contributed by atoms with Crippen molar-refractivity contribution in [1.82, 2.24) is 4.90 Å². The predicted octanol–water partition coefficient (Wildman–Crippen LogP) is 4.19. The Morgan fingerprint density at radius 2 is 1.92 bits per heavy atom. The fraction of sp³-hybridized carbons (Fsp3) is 0.450. The number of carbonyl (C=O) groups is 1. The zero-order valence-electron chi connectivity index (χ0n) is 14.5. The van der Waals surface area contributed by atoms with Crippen LogP contribution in [0.3, 0.4) is 0 Å². The van der Waals surface area contributed by atoms with E-state index in [2.05, 4.69) is 0 Å². The van der Waals surface area contributed by atoms with Crippen LogP contribution in [-0.4, -0.2) is 30.5 Å². The third-order valence-electron chi connectivity index (χ3n) is 4.74. The van der Waals surface area contributed by atoms with Crippen LogP contribution in [-0.2, 0) is 17.8 Å². The van der Waals surface area contributed by atoms with Crippen LogP contribution in [0, 0.1) is 5.82 Å². The number of hydrogen-bond donors (Lipinski definition) is 0. The number of ether oxygens (including phenoxy) is 1. The summed E-state index contributed by atoms with van der Waals surface area (Å²) in [6.07, 6.45) is 5.06. The molecule has 1 amide bonds. The van der Waals surface area contributed by atoms with Crippen LogP contribution in [0.1, 0.15) is 47.6 Å². The topological polar surface area (TPSA) is 42.7 Å². The maximum absolute atomic E-state index is 13.1. The predicted molar refractivity (Wildman–Crippen MR) is 92.8 cm³/mol. The molecule has 1 aromatic carbocycles. The van der Waals surface area contributed by atoms with E-state index < -0.39 is 0 Å². The Labute approximate surface area is 147 Å². The first-order chi connectivity index (χ1) is 12.2. The molecule has 2 aromatic rings. The number of halogens is 1. The Bertz CT molecular complexity index is 689. The van der Waals surface area contributed by atoms with Crippen molar-refractivity contribution in [2.45, 2.75) is 44.8 Å². The number of carbonyl (C=O) groups excluding carboxylic acids is 1. The van der Waals surface area contributed by atoms with Gasteiger partial charge in [0.25, 0.3) is 5.91 Å². The summed E-state index contributed by atoms with van der Waals surface area (Å²) in [7, 11) is 1.59. The molecule has 4 nitrogen and oxygen atoms in total. The van der Waals surface area contributed by atoms with E-state index in [0.717, 1.165) is 31.2 Å². The number of rotatable bonds is 7. The highest BCUT2D eigenvalue weighted by molar-refractivity contribution is 5.91. The Morgan fingerprint density at radius 1 is 1.20 bits per heavy atom. The van der Waals surface area contributed by atoms with E-state index in [-0.39, 0.29) is 17.8 Å². The number of hydrogen-bond acceptors (Lipinski definition) is 3. The highest BCUT2D eigenvalue weighted by Gasteiger charge is 2.28. The quantitative estimate of drug-likeness (QED) is 0.755. The lowest BCUT2D eigenvalue weighted by Crippen LogP contribution is -2.40. The minimum absolute atomic E-state index is 0.0728. The third kappa shape index (κ3) is 4.48. The van der Waals surface area contributed by atoms with Gasteiger partial charge in [-0.05, 0) is 49.1 Å². The minimum Gasteiger partial charge on any atom is -0.453 e. The number of amides is 1. The molecule has 1 fully saturated rings. The highest BCUT2D eigenvalue weighted by atomic mass is 19.1. The normalized spacial score (nSPS) is 14.8. The minimum atomic E-state index is -0.242. The van der Waals surface area contributed by atoms with Crippen molar-refractivity contribution in [2.75, 3.05) is 13.7 Å². The molecule has 0 bridgehead atoms. The van der Waals surface area contributed by atoms with E-state index in [9.17, 15) is 9.18 Å². The van der Waals surface area contributed by atoms with Gasteiger partial charge in [-0.2, -0.15) is 0 Å². The van der Waals surface area contributed by atoms with Gasteiger partial charge in [-0.15, -0.1) is 0 Å². The molecule has 134 valence electrons. The molecule has 3 rings (SSSR count). The average Bonchev–Trinajstić information content (AvgIpc) is 3.29. The lowest BCUT2D eigenvalue weighted by atomic mass is 10.1. The maximum Gasteiger partial charge on any atom is 0.289 e. The van der Waals surface area contributed by atoms with Crippen LogP contribution in [0.25, 0.3) is 0 Å². The standard InChI is InChI=1S/C20H24FNO3/c1-24-14-18-10-11-19(25-18)20(23)22(17-4-2-3-5-17)13-12-15-6-8-16(21)9-7-15/h6-11,17H,2-5,12-14H2,1H3. The summed E-state index contributed by atoms with van der Waals surface area (Å²) in [6.45, 7) is 0.960. The first-order valence-corrected chi connectivity index (χ1v) is 8.80. The second kappa shape index (κ2) is 8.30. The summed E-state index contributed by atoms with van der Waals surface area (Å²) in [5.74, 6) is 0.693. The zero-order valence-corrected chi connectivity index (χ0v) is 14.5. The van der Waals surface area contributed by atoms with Crippen molar-refractivity contribution >= 4 is 5.91 Å². The summed E-state index contributed by atoms with van der Waals surface area (Å²) < 4.78 is 23.7. The number of nitrogens with zero attached hydrogens (tertiary/aromatic N) is 1. The van der Waals surface area contributed by atoms with E-state index in [1.165, 1.54) is 12.1 Å². The summed E-state index contributed by atoms with van der Waals surface area (Å²) in [6, 6.07) is 10.2. The SMILES string of the molecule is COCc1ccc(C(=O)N(CCc2ccc(F)cc2)C2CCCC2)o1. The van der Waals surface area contributed by atoms with Crippen LogP contribution < -0.4 is 0 Å². The van der Waals surface area contributed by atoms with Gasteiger partial charge in [-0.3, -0.25) is 4.79 Å². The highest BCUT2D eigenvalue weighted by Crippen LogP contribution is 2.26. The smallest absolute Gasteiger partial charge is 0.289 e. The summed E-state index contributed by atoms with van der Waals surface area (Å²) in [4.78, 5) is 14.9. The molecule has 0 unspecified atom stereocenters. The fourth-order valence-electron chi connectivity index (χ4n) is 3.42. The first-order valence-electron chi connectivity index (χ1n) is 8.80. The van der Waals surface area contributed by atoms with Gasteiger partial charge in [0, 0.05) is 19.7 Å². The van der Waals surface area contributed by atoms with Gasteiger partial charge >= 0.3 is 0 Å². The van der Waals surface area contributed by atoms with Crippen molar-refractivity contribution in [3.8, 4) is 0 Å². The molecule has 1 aromatic heterocycles. The van der Waals surface area contributed by atoms with Crippen molar-refractivity contribution in [2.24, 2.45) is 0 Å². The fourth-order valence-corrected chi connectivity index (χ4v) is 3.42. The molecule has 5 heteroatoms. The first kappa shape index (κ1) is 17.7. The van der Waals surface area contributed by atoms with Crippen molar-refractivity contribution in [1.29, 1.82) is 0 Å². The molecular weight excluding hydrogens is 321 g/mol. The lowest BCUT2D eigenvalue weighted by Gasteiger charge is -2.28. The van der Waals surface area contributed by atoms with Gasteiger partial charge < -0.3 is 14.1 Å². The molecule has 0 atom stereocenters. The van der Waals surface area contributed by atoms with E-state index in [0.29, 0.717) is 31.1 Å². The van der Waals surface area contributed by atoms with Crippen molar-refractivity contribution < 1.29 is 18.3 Å². The Kier molecular flexibility index (Phi) is 5.87. The second-order valence-electron chi connectivity index (χ2n) is 6.51. The maximum atomic E-state index is 13.1. The van der Waals surface area contributed by atoms with Gasteiger partial charge in [0.1, 0.15) is 18.2 Å². The Balaban J connectivity index is 1.71. The van der Waals surface area contributed by atoms with Crippen molar-refractivity contribution in [3.05, 3.63) is 59.3 Å². The molecule has 25 heavy (non-hydrogen) atoms.